The lowest BCUT2D eigenvalue weighted by Gasteiger charge is -2.23. The largest absolute Gasteiger partial charge is 0.379 e. The number of rotatable bonds is 6. The number of carbonyl (C=O) groups is 1. The number of benzene rings is 1. The number of nitro benzene ring substituents is 1. The number of nitro groups is 1. The predicted octanol–water partition coefficient (Wildman–Crippen LogP) is 1.35. The Morgan fingerprint density at radius 1 is 1.48 bits per heavy atom. The van der Waals surface area contributed by atoms with Crippen molar-refractivity contribution in [2.24, 2.45) is 5.73 Å². The molecule has 1 heterocycles. The summed E-state index contributed by atoms with van der Waals surface area (Å²) in [5.74, 6) is 0.0500. The second-order valence-electron chi connectivity index (χ2n) is 5.07. The van der Waals surface area contributed by atoms with Crippen LogP contribution < -0.4 is 11.1 Å². The number of nitrogens with one attached hydrogen (secondary N) is 1. The van der Waals surface area contributed by atoms with Crippen LogP contribution in [0.25, 0.3) is 0 Å². The molecule has 1 unspecified atom stereocenters. The Bertz CT molecular complexity index is 521. The second kappa shape index (κ2) is 7.03. The number of anilines is 1. The summed E-state index contributed by atoms with van der Waals surface area (Å²) in [6.07, 6.45) is 2.26. The van der Waals surface area contributed by atoms with E-state index in [2.05, 4.69) is 5.32 Å². The molecule has 0 aliphatic carbocycles. The molecule has 1 saturated heterocycles. The van der Waals surface area contributed by atoms with Gasteiger partial charge in [-0.2, -0.15) is 0 Å². The fourth-order valence-corrected chi connectivity index (χ4v) is 2.64. The van der Waals surface area contributed by atoms with Crippen LogP contribution in [-0.2, 0) is 4.79 Å². The molecular formula is C14H20N4O3. The minimum absolute atomic E-state index is 0.0194. The number of hydrogen-bond acceptors (Lipinski definition) is 5. The molecule has 1 aromatic carbocycles. The van der Waals surface area contributed by atoms with Crippen molar-refractivity contribution in [1.29, 1.82) is 0 Å². The molecule has 7 nitrogen and oxygen atoms in total. The number of carbonyl (C=O) groups excluding carboxylic acids is 1. The van der Waals surface area contributed by atoms with Gasteiger partial charge in [0.25, 0.3) is 5.69 Å². The Morgan fingerprint density at radius 3 is 2.95 bits per heavy atom. The third-order valence-electron chi connectivity index (χ3n) is 3.72. The van der Waals surface area contributed by atoms with Gasteiger partial charge in [0.1, 0.15) is 5.69 Å². The summed E-state index contributed by atoms with van der Waals surface area (Å²) in [6, 6.07) is 6.56. The molecule has 1 fully saturated rings. The Kier molecular flexibility index (Phi) is 5.10. The minimum Gasteiger partial charge on any atom is -0.379 e. The molecule has 0 spiro atoms. The first-order valence-electron chi connectivity index (χ1n) is 7.10. The van der Waals surface area contributed by atoms with E-state index < -0.39 is 4.92 Å². The van der Waals surface area contributed by atoms with Crippen LogP contribution in [0.2, 0.25) is 0 Å². The van der Waals surface area contributed by atoms with Crippen LogP contribution in [0.3, 0.4) is 0 Å². The lowest BCUT2D eigenvalue weighted by Crippen LogP contribution is -2.40. The van der Waals surface area contributed by atoms with Crippen molar-refractivity contribution in [3.8, 4) is 0 Å². The molecule has 0 saturated carbocycles. The van der Waals surface area contributed by atoms with Gasteiger partial charge in [0.15, 0.2) is 0 Å². The first kappa shape index (κ1) is 15.2. The molecule has 2 rings (SSSR count). The van der Waals surface area contributed by atoms with E-state index in [1.54, 1.807) is 18.2 Å². The first-order chi connectivity index (χ1) is 10.1. The SMILES string of the molecule is NCC1CCCN1C(=O)CCNc1ccccc1[N+](=O)[O-]. The van der Waals surface area contributed by atoms with Gasteiger partial charge in [0.2, 0.25) is 5.91 Å². The van der Waals surface area contributed by atoms with E-state index in [-0.39, 0.29) is 17.6 Å². The molecule has 1 aliphatic rings. The number of hydrogen-bond donors (Lipinski definition) is 2. The highest BCUT2D eigenvalue weighted by Gasteiger charge is 2.26. The molecule has 0 bridgehead atoms. The molecule has 1 amide bonds. The van der Waals surface area contributed by atoms with Gasteiger partial charge in [-0.15, -0.1) is 0 Å². The van der Waals surface area contributed by atoms with Gasteiger partial charge in [-0.05, 0) is 18.9 Å². The Balaban J connectivity index is 1.87. The van der Waals surface area contributed by atoms with Crippen LogP contribution in [-0.4, -0.2) is 41.4 Å². The average molecular weight is 292 g/mol. The van der Waals surface area contributed by atoms with Crippen LogP contribution in [0.15, 0.2) is 24.3 Å². The Labute approximate surface area is 123 Å². The van der Waals surface area contributed by atoms with E-state index in [9.17, 15) is 14.9 Å². The molecule has 1 aliphatic heterocycles. The predicted molar refractivity (Wildman–Crippen MR) is 80.0 cm³/mol. The van der Waals surface area contributed by atoms with Gasteiger partial charge in [0, 0.05) is 38.2 Å². The highest BCUT2D eigenvalue weighted by Crippen LogP contribution is 2.23. The summed E-state index contributed by atoms with van der Waals surface area (Å²) in [4.78, 5) is 24.4. The van der Waals surface area contributed by atoms with Gasteiger partial charge in [-0.1, -0.05) is 12.1 Å². The third kappa shape index (κ3) is 3.69. The fourth-order valence-electron chi connectivity index (χ4n) is 2.64. The van der Waals surface area contributed by atoms with E-state index >= 15 is 0 Å². The van der Waals surface area contributed by atoms with Crippen molar-refractivity contribution >= 4 is 17.3 Å². The van der Waals surface area contributed by atoms with Gasteiger partial charge in [-0.25, -0.2) is 0 Å². The number of nitrogens with zero attached hydrogens (tertiary/aromatic N) is 2. The average Bonchev–Trinajstić information content (AvgIpc) is 2.96. The number of amides is 1. The van der Waals surface area contributed by atoms with E-state index in [1.165, 1.54) is 6.07 Å². The lowest BCUT2D eigenvalue weighted by molar-refractivity contribution is -0.384. The summed E-state index contributed by atoms with van der Waals surface area (Å²) in [5.41, 5.74) is 6.11. The molecule has 21 heavy (non-hydrogen) atoms. The van der Waals surface area contributed by atoms with E-state index in [0.717, 1.165) is 19.4 Å². The quantitative estimate of drug-likeness (QED) is 0.608. The number of likely N-dealkylation sites (tertiary alicyclic amines) is 1. The number of nitrogens with two attached hydrogens (primary N) is 1. The van der Waals surface area contributed by atoms with Crippen LogP contribution in [0.1, 0.15) is 19.3 Å². The van der Waals surface area contributed by atoms with E-state index in [4.69, 9.17) is 5.73 Å². The Morgan fingerprint density at radius 2 is 2.24 bits per heavy atom. The monoisotopic (exact) mass is 292 g/mol. The zero-order valence-electron chi connectivity index (χ0n) is 11.8. The molecule has 1 atom stereocenters. The van der Waals surface area contributed by atoms with Crippen LogP contribution in [0.5, 0.6) is 0 Å². The highest BCUT2D eigenvalue weighted by molar-refractivity contribution is 5.77. The summed E-state index contributed by atoms with van der Waals surface area (Å²) in [6.45, 7) is 1.62. The van der Waals surface area contributed by atoms with Crippen LogP contribution >= 0.6 is 0 Å². The van der Waals surface area contributed by atoms with Crippen molar-refractivity contribution in [2.45, 2.75) is 25.3 Å². The van der Waals surface area contributed by atoms with Gasteiger partial charge >= 0.3 is 0 Å². The smallest absolute Gasteiger partial charge is 0.292 e. The molecule has 1 aromatic rings. The maximum atomic E-state index is 12.1. The summed E-state index contributed by atoms with van der Waals surface area (Å²) < 4.78 is 0. The molecule has 0 aromatic heterocycles. The molecule has 114 valence electrons. The maximum Gasteiger partial charge on any atom is 0.292 e. The van der Waals surface area contributed by atoms with Gasteiger partial charge in [0.05, 0.1) is 4.92 Å². The zero-order valence-corrected chi connectivity index (χ0v) is 11.8. The fraction of sp³-hybridized carbons (Fsp3) is 0.500. The highest BCUT2D eigenvalue weighted by atomic mass is 16.6. The minimum atomic E-state index is -0.435. The summed E-state index contributed by atoms with van der Waals surface area (Å²) in [5, 5.41) is 13.8. The van der Waals surface area contributed by atoms with Crippen molar-refractivity contribution in [1.82, 2.24) is 4.90 Å². The van der Waals surface area contributed by atoms with Crippen LogP contribution in [0.4, 0.5) is 11.4 Å². The molecule has 7 heteroatoms. The van der Waals surface area contributed by atoms with E-state index in [1.807, 2.05) is 4.90 Å². The van der Waals surface area contributed by atoms with Crippen molar-refractivity contribution < 1.29 is 9.72 Å². The van der Waals surface area contributed by atoms with Crippen molar-refractivity contribution in [2.75, 3.05) is 25.0 Å². The van der Waals surface area contributed by atoms with Crippen molar-refractivity contribution in [3.63, 3.8) is 0 Å². The normalized spacial score (nSPS) is 17.8. The van der Waals surface area contributed by atoms with Gasteiger partial charge < -0.3 is 16.0 Å². The maximum absolute atomic E-state index is 12.1. The lowest BCUT2D eigenvalue weighted by atomic mass is 10.2. The summed E-state index contributed by atoms with van der Waals surface area (Å²) in [7, 11) is 0. The second-order valence-corrected chi connectivity index (χ2v) is 5.07. The van der Waals surface area contributed by atoms with Crippen LogP contribution in [0, 0.1) is 10.1 Å². The standard InChI is InChI=1S/C14H20N4O3/c15-10-11-4-3-9-17(11)14(19)7-8-16-12-5-1-2-6-13(12)18(20)21/h1-2,5-6,11,16H,3-4,7-10,15H2. The van der Waals surface area contributed by atoms with Gasteiger partial charge in [-0.3, -0.25) is 14.9 Å². The molecular weight excluding hydrogens is 272 g/mol. The molecule has 3 N–H and O–H groups in total. The first-order valence-corrected chi connectivity index (χ1v) is 7.10. The zero-order chi connectivity index (χ0) is 15.2. The Hall–Kier alpha value is -2.15. The third-order valence-corrected chi connectivity index (χ3v) is 3.72. The van der Waals surface area contributed by atoms with Crippen molar-refractivity contribution in [3.05, 3.63) is 34.4 Å². The topological polar surface area (TPSA) is 102 Å². The summed E-state index contributed by atoms with van der Waals surface area (Å²) >= 11 is 0. The van der Waals surface area contributed by atoms with E-state index in [0.29, 0.717) is 25.2 Å². The number of para-hydroxylation sites is 2. The molecule has 0 radical (unpaired) electrons.